The van der Waals surface area contributed by atoms with Crippen molar-refractivity contribution in [3.63, 3.8) is 0 Å². The summed E-state index contributed by atoms with van der Waals surface area (Å²) in [6, 6.07) is 0. The Balaban J connectivity index is 2.82. The third-order valence-corrected chi connectivity index (χ3v) is 4.12. The number of carboxylic acids is 2. The van der Waals surface area contributed by atoms with Crippen molar-refractivity contribution in [2.24, 2.45) is 5.73 Å². The zero-order chi connectivity index (χ0) is 10.9. The molecule has 1 fully saturated rings. The van der Waals surface area contributed by atoms with E-state index in [-0.39, 0.29) is 4.24 Å². The first-order valence-corrected chi connectivity index (χ1v) is 5.03. The molecule has 0 aromatic rings. The van der Waals surface area contributed by atoms with Crippen LogP contribution >= 0.6 is 23.5 Å². The quantitative estimate of drug-likeness (QED) is 0.348. The minimum absolute atomic E-state index is 0.150. The minimum Gasteiger partial charge on any atom is -0.480 e. The molecule has 0 aliphatic carbocycles. The predicted octanol–water partition coefficient (Wildman–Crippen LogP) is -0.341. The second kappa shape index (κ2) is 3.93. The van der Waals surface area contributed by atoms with Gasteiger partial charge in [-0.1, -0.05) is 23.5 Å². The van der Waals surface area contributed by atoms with E-state index in [1.54, 1.807) is 0 Å². The molecule has 0 radical (unpaired) electrons. The molecule has 8 heteroatoms. The first-order chi connectivity index (χ1) is 6.43. The molecule has 14 heavy (non-hydrogen) atoms. The maximum Gasteiger partial charge on any atom is 0.343 e. The van der Waals surface area contributed by atoms with Crippen molar-refractivity contribution in [2.45, 2.75) is 4.58 Å². The van der Waals surface area contributed by atoms with Gasteiger partial charge in [-0.05, 0) is 0 Å². The number of aliphatic carboxylic acids is 2. The highest BCUT2D eigenvalue weighted by molar-refractivity contribution is 8.39. The Morgan fingerprint density at radius 1 is 1.21 bits per heavy atom. The second-order valence-electron chi connectivity index (χ2n) is 2.24. The number of carboxylic acid groups (broad SMARTS) is 2. The molecule has 0 bridgehead atoms. The minimum atomic E-state index is -1.43. The molecule has 0 saturated carbocycles. The second-order valence-corrected chi connectivity index (χ2v) is 5.03. The molecule has 1 saturated heterocycles. The maximum atomic E-state index is 10.7. The van der Waals surface area contributed by atoms with E-state index in [1.165, 1.54) is 0 Å². The number of rotatable bonds is 3. The first-order valence-electron chi connectivity index (χ1n) is 3.27. The summed E-state index contributed by atoms with van der Waals surface area (Å²) in [4.78, 5) is 31.5. The lowest BCUT2D eigenvalue weighted by atomic mass is 10.3. The Bertz CT molecular complexity index is 326. The third-order valence-electron chi connectivity index (χ3n) is 1.29. The van der Waals surface area contributed by atoms with Gasteiger partial charge in [-0.15, -0.1) is 0 Å². The molecular formula is C6H5NO5S2. The molecule has 6 nitrogen and oxygen atoms in total. The summed E-state index contributed by atoms with van der Waals surface area (Å²) in [5.74, 6) is -3.55. The third kappa shape index (κ3) is 2.02. The van der Waals surface area contributed by atoms with Crippen LogP contribution in [0.4, 0.5) is 0 Å². The highest BCUT2D eigenvalue weighted by Crippen LogP contribution is 2.52. The lowest BCUT2D eigenvalue weighted by molar-refractivity contribution is -0.136. The smallest absolute Gasteiger partial charge is 0.343 e. The highest BCUT2D eigenvalue weighted by atomic mass is 32.3. The zero-order valence-corrected chi connectivity index (χ0v) is 8.22. The van der Waals surface area contributed by atoms with Crippen molar-refractivity contribution in [3.8, 4) is 0 Å². The number of thioether (sulfide) groups is 2. The van der Waals surface area contributed by atoms with Crippen molar-refractivity contribution in [2.75, 3.05) is 0 Å². The number of primary amides is 1. The van der Waals surface area contributed by atoms with Crippen LogP contribution in [0.2, 0.25) is 0 Å². The number of nitrogens with two attached hydrogens (primary N) is 1. The summed E-state index contributed by atoms with van der Waals surface area (Å²) in [7, 11) is 0. The highest BCUT2D eigenvalue weighted by Gasteiger charge is 2.37. The van der Waals surface area contributed by atoms with Crippen molar-refractivity contribution in [1.82, 2.24) is 0 Å². The van der Waals surface area contributed by atoms with Gasteiger partial charge in [0.1, 0.15) is 5.57 Å². The van der Waals surface area contributed by atoms with E-state index in [2.05, 4.69) is 0 Å². The molecule has 0 aromatic heterocycles. The topological polar surface area (TPSA) is 118 Å². The fraction of sp³-hybridized carbons (Fsp3) is 0.167. The molecule has 0 aromatic carbocycles. The summed E-state index contributed by atoms with van der Waals surface area (Å²) in [5, 5.41) is 17.1. The van der Waals surface area contributed by atoms with Crippen LogP contribution in [0, 0.1) is 0 Å². The Morgan fingerprint density at radius 2 is 1.71 bits per heavy atom. The molecule has 4 N–H and O–H groups in total. The van der Waals surface area contributed by atoms with Gasteiger partial charge in [0.15, 0.2) is 4.58 Å². The van der Waals surface area contributed by atoms with Crippen LogP contribution in [-0.2, 0) is 14.4 Å². The van der Waals surface area contributed by atoms with Gasteiger partial charge >= 0.3 is 11.9 Å². The van der Waals surface area contributed by atoms with Crippen LogP contribution in [0.25, 0.3) is 0 Å². The summed E-state index contributed by atoms with van der Waals surface area (Å²) in [5.41, 5.74) is 4.27. The van der Waals surface area contributed by atoms with Crippen LogP contribution in [-0.4, -0.2) is 32.6 Å². The number of hydrogen-bond donors (Lipinski definition) is 3. The molecule has 1 rings (SSSR count). The molecule has 1 amide bonds. The number of amides is 1. The normalized spacial score (nSPS) is 19.7. The van der Waals surface area contributed by atoms with Crippen molar-refractivity contribution < 1.29 is 24.6 Å². The van der Waals surface area contributed by atoms with Crippen LogP contribution in [0.1, 0.15) is 0 Å². The molecule has 76 valence electrons. The van der Waals surface area contributed by atoms with Crippen LogP contribution < -0.4 is 5.73 Å². The summed E-state index contributed by atoms with van der Waals surface area (Å²) < 4.78 is -0.601. The van der Waals surface area contributed by atoms with Gasteiger partial charge in [0, 0.05) is 0 Å². The summed E-state index contributed by atoms with van der Waals surface area (Å²) in [6.45, 7) is 0. The van der Waals surface area contributed by atoms with E-state index in [0.717, 1.165) is 23.5 Å². The van der Waals surface area contributed by atoms with Crippen molar-refractivity contribution in [1.29, 1.82) is 0 Å². The molecule has 1 aliphatic heterocycles. The van der Waals surface area contributed by atoms with Gasteiger partial charge in [-0.25, -0.2) is 4.79 Å². The average molecular weight is 235 g/mol. The monoisotopic (exact) mass is 235 g/mol. The molecule has 0 atom stereocenters. The van der Waals surface area contributed by atoms with E-state index >= 15 is 0 Å². The van der Waals surface area contributed by atoms with Crippen LogP contribution in [0.15, 0.2) is 9.81 Å². The van der Waals surface area contributed by atoms with Gasteiger partial charge < -0.3 is 15.9 Å². The zero-order valence-electron chi connectivity index (χ0n) is 6.59. The Kier molecular flexibility index (Phi) is 3.06. The van der Waals surface area contributed by atoms with E-state index in [9.17, 15) is 14.4 Å². The molecule has 0 spiro atoms. The molecule has 1 heterocycles. The largest absolute Gasteiger partial charge is 0.480 e. The van der Waals surface area contributed by atoms with Gasteiger partial charge in [-0.3, -0.25) is 9.59 Å². The van der Waals surface area contributed by atoms with E-state index in [0.29, 0.717) is 0 Å². The van der Waals surface area contributed by atoms with Gasteiger partial charge in [0.25, 0.3) is 5.91 Å². The SMILES string of the molecule is NC(=O)C(C(=O)O)=C1SC(C(=O)O)S1. The Hall–Kier alpha value is -1.15. The Morgan fingerprint density at radius 3 is 2.00 bits per heavy atom. The number of carbonyl (C=O) groups is 3. The van der Waals surface area contributed by atoms with E-state index in [1.807, 2.05) is 0 Å². The first kappa shape index (κ1) is 10.9. The van der Waals surface area contributed by atoms with Gasteiger partial charge in [-0.2, -0.15) is 0 Å². The number of carbonyl (C=O) groups excluding carboxylic acids is 1. The van der Waals surface area contributed by atoms with Crippen LogP contribution in [0.3, 0.4) is 0 Å². The molecule has 1 aliphatic rings. The summed E-state index contributed by atoms with van der Waals surface area (Å²) in [6.07, 6.45) is 0. The van der Waals surface area contributed by atoms with Crippen molar-refractivity contribution in [3.05, 3.63) is 9.81 Å². The maximum absolute atomic E-state index is 10.7. The predicted molar refractivity (Wildman–Crippen MR) is 50.5 cm³/mol. The standard InChI is InChI=1S/C6H5NO5S2/c7-2(8)1(3(9)10)5-13-6(14-5)4(11)12/h6H,(H2,7,8)(H,9,10)(H,11,12). The van der Waals surface area contributed by atoms with Crippen molar-refractivity contribution >= 4 is 41.4 Å². The summed E-state index contributed by atoms with van der Waals surface area (Å²) >= 11 is 1.62. The van der Waals surface area contributed by atoms with Gasteiger partial charge in [0.2, 0.25) is 0 Å². The fourth-order valence-corrected chi connectivity index (χ4v) is 2.80. The number of hydrogen-bond acceptors (Lipinski definition) is 5. The average Bonchev–Trinajstić information content (AvgIpc) is 1.92. The molecule has 0 unspecified atom stereocenters. The fourth-order valence-electron chi connectivity index (χ4n) is 0.715. The van der Waals surface area contributed by atoms with Crippen LogP contribution in [0.5, 0.6) is 0 Å². The lowest BCUT2D eigenvalue weighted by Crippen LogP contribution is -2.26. The molecular weight excluding hydrogens is 230 g/mol. The van der Waals surface area contributed by atoms with E-state index in [4.69, 9.17) is 15.9 Å². The van der Waals surface area contributed by atoms with E-state index < -0.39 is 28.0 Å². The Labute approximate surface area is 86.5 Å². The lowest BCUT2D eigenvalue weighted by Gasteiger charge is -2.24. The van der Waals surface area contributed by atoms with Gasteiger partial charge in [0.05, 0.1) is 4.24 Å².